The second kappa shape index (κ2) is 7.30. The number of carbonyl (C=O) groups excluding carboxylic acids is 1. The van der Waals surface area contributed by atoms with Gasteiger partial charge in [-0.3, -0.25) is 19.6 Å². The number of rotatable bonds is 3. The molecule has 2 aliphatic heterocycles. The molecule has 1 aromatic heterocycles. The van der Waals surface area contributed by atoms with Crippen LogP contribution >= 0.6 is 0 Å². The number of ether oxygens (including phenoxy) is 1. The zero-order valence-corrected chi connectivity index (χ0v) is 15.0. The van der Waals surface area contributed by atoms with Gasteiger partial charge in [-0.05, 0) is 44.0 Å². The lowest BCUT2D eigenvalue weighted by Crippen LogP contribution is -2.43. The van der Waals surface area contributed by atoms with Crippen LogP contribution in [0.15, 0.2) is 60.6 Å². The Balaban J connectivity index is 1.44. The molecule has 0 radical (unpaired) electrons. The van der Waals surface area contributed by atoms with Crippen molar-refractivity contribution >= 4 is 5.91 Å². The Bertz CT molecular complexity index is 811. The van der Waals surface area contributed by atoms with Crippen LogP contribution in [0.3, 0.4) is 0 Å². The van der Waals surface area contributed by atoms with E-state index < -0.39 is 0 Å². The minimum absolute atomic E-state index is 0.00120. The maximum absolute atomic E-state index is 13.0. The fraction of sp³-hybridized carbons (Fsp3) is 0.333. The zero-order chi connectivity index (χ0) is 17.9. The van der Waals surface area contributed by atoms with Crippen molar-refractivity contribution in [1.82, 2.24) is 14.8 Å². The largest absolute Gasteiger partial charge is 0.462 e. The van der Waals surface area contributed by atoms with Gasteiger partial charge in [-0.25, -0.2) is 0 Å². The number of para-hydroxylation sites is 1. The number of hydrogen-bond donors (Lipinski definition) is 0. The van der Waals surface area contributed by atoms with Crippen LogP contribution in [0.2, 0.25) is 0 Å². The fourth-order valence-corrected chi connectivity index (χ4v) is 3.63. The van der Waals surface area contributed by atoms with Crippen LogP contribution in [-0.4, -0.2) is 40.4 Å². The van der Waals surface area contributed by atoms with Crippen molar-refractivity contribution in [1.29, 1.82) is 0 Å². The molecule has 0 spiro atoms. The van der Waals surface area contributed by atoms with Crippen LogP contribution in [0.5, 0.6) is 5.75 Å². The van der Waals surface area contributed by atoms with Gasteiger partial charge in [0, 0.05) is 30.9 Å². The average Bonchev–Trinajstić information content (AvgIpc) is 2.81. The summed E-state index contributed by atoms with van der Waals surface area (Å²) in [6, 6.07) is 13.5. The van der Waals surface area contributed by atoms with E-state index in [1.807, 2.05) is 48.4 Å². The number of fused-ring (bicyclic) bond motifs is 1. The standard InChI is InChI=1S/C21H23N3O2/c1-16-14-26-20-8-3-2-6-18(20)21(25)24(16)15-23-12-9-17(10-13-23)19-7-4-5-11-22-19/h2-8,11,14,17H,9-10,12-13,15H2,1H3. The Morgan fingerprint density at radius 2 is 1.88 bits per heavy atom. The highest BCUT2D eigenvalue weighted by atomic mass is 16.5. The molecule has 1 aromatic carbocycles. The van der Waals surface area contributed by atoms with E-state index >= 15 is 0 Å². The van der Waals surface area contributed by atoms with E-state index in [1.165, 1.54) is 5.69 Å². The summed E-state index contributed by atoms with van der Waals surface area (Å²) in [5, 5.41) is 0. The molecule has 0 N–H and O–H groups in total. The van der Waals surface area contributed by atoms with E-state index in [1.54, 1.807) is 6.26 Å². The second-order valence-electron chi connectivity index (χ2n) is 6.89. The molecule has 0 saturated carbocycles. The lowest BCUT2D eigenvalue weighted by Gasteiger charge is -2.35. The molecule has 26 heavy (non-hydrogen) atoms. The molecule has 0 atom stereocenters. The number of likely N-dealkylation sites (tertiary alicyclic amines) is 1. The summed E-state index contributed by atoms with van der Waals surface area (Å²) in [6.07, 6.45) is 5.66. The van der Waals surface area contributed by atoms with Gasteiger partial charge in [0.1, 0.15) is 12.0 Å². The third-order valence-electron chi connectivity index (χ3n) is 5.18. The summed E-state index contributed by atoms with van der Waals surface area (Å²) >= 11 is 0. The minimum atomic E-state index is -0.00120. The number of allylic oxidation sites excluding steroid dienone is 1. The number of piperidine rings is 1. The van der Waals surface area contributed by atoms with E-state index in [4.69, 9.17) is 4.74 Å². The van der Waals surface area contributed by atoms with Crippen molar-refractivity contribution in [2.45, 2.75) is 25.7 Å². The SMILES string of the molecule is CC1=COc2ccccc2C(=O)N1CN1CCC(c2ccccn2)CC1. The van der Waals surface area contributed by atoms with Crippen LogP contribution in [0.25, 0.3) is 0 Å². The van der Waals surface area contributed by atoms with Crippen molar-refractivity contribution in [2.75, 3.05) is 19.8 Å². The van der Waals surface area contributed by atoms with E-state index in [0.29, 0.717) is 23.9 Å². The maximum atomic E-state index is 13.0. The number of carbonyl (C=O) groups is 1. The molecule has 3 heterocycles. The van der Waals surface area contributed by atoms with Crippen molar-refractivity contribution < 1.29 is 9.53 Å². The number of nitrogens with zero attached hydrogens (tertiary/aromatic N) is 3. The van der Waals surface area contributed by atoms with Crippen molar-refractivity contribution in [3.05, 3.63) is 71.9 Å². The number of hydrogen-bond acceptors (Lipinski definition) is 4. The first-order valence-corrected chi connectivity index (χ1v) is 9.10. The molecule has 1 fully saturated rings. The van der Waals surface area contributed by atoms with Crippen LogP contribution in [0.4, 0.5) is 0 Å². The predicted molar refractivity (Wildman–Crippen MR) is 99.6 cm³/mol. The third kappa shape index (κ3) is 3.35. The highest BCUT2D eigenvalue weighted by Gasteiger charge is 2.28. The molecular weight excluding hydrogens is 326 g/mol. The third-order valence-corrected chi connectivity index (χ3v) is 5.18. The molecule has 1 amide bonds. The zero-order valence-electron chi connectivity index (χ0n) is 15.0. The summed E-state index contributed by atoms with van der Waals surface area (Å²) < 4.78 is 5.67. The summed E-state index contributed by atoms with van der Waals surface area (Å²) in [5.41, 5.74) is 2.62. The van der Waals surface area contributed by atoms with Gasteiger partial charge in [0.05, 0.1) is 17.9 Å². The molecule has 134 valence electrons. The smallest absolute Gasteiger partial charge is 0.262 e. The summed E-state index contributed by atoms with van der Waals surface area (Å²) in [4.78, 5) is 21.6. The molecule has 1 saturated heterocycles. The van der Waals surface area contributed by atoms with Crippen LogP contribution in [0.1, 0.15) is 41.7 Å². The van der Waals surface area contributed by atoms with Crippen LogP contribution in [-0.2, 0) is 0 Å². The maximum Gasteiger partial charge on any atom is 0.262 e. The molecule has 2 aliphatic rings. The first-order valence-electron chi connectivity index (χ1n) is 9.10. The van der Waals surface area contributed by atoms with Gasteiger partial charge in [0.2, 0.25) is 0 Å². The highest BCUT2D eigenvalue weighted by molar-refractivity contribution is 5.98. The number of amides is 1. The average molecular weight is 349 g/mol. The van der Waals surface area contributed by atoms with Crippen LogP contribution in [0, 0.1) is 0 Å². The lowest BCUT2D eigenvalue weighted by molar-refractivity contribution is 0.0668. The van der Waals surface area contributed by atoms with Gasteiger partial charge in [-0.2, -0.15) is 0 Å². The van der Waals surface area contributed by atoms with Crippen molar-refractivity contribution in [2.24, 2.45) is 0 Å². The summed E-state index contributed by atoms with van der Waals surface area (Å²) in [6.45, 7) is 4.43. The Kier molecular flexibility index (Phi) is 4.71. The van der Waals surface area contributed by atoms with Gasteiger partial charge in [-0.15, -0.1) is 0 Å². The van der Waals surface area contributed by atoms with E-state index in [2.05, 4.69) is 22.0 Å². The normalized spacial score (nSPS) is 18.7. The molecule has 0 aliphatic carbocycles. The number of aromatic nitrogens is 1. The molecule has 5 heteroatoms. The monoisotopic (exact) mass is 349 g/mol. The topological polar surface area (TPSA) is 45.7 Å². The first kappa shape index (κ1) is 16.8. The van der Waals surface area contributed by atoms with E-state index in [-0.39, 0.29) is 5.91 Å². The fourth-order valence-electron chi connectivity index (χ4n) is 3.63. The first-order chi connectivity index (χ1) is 12.7. The molecule has 0 bridgehead atoms. The molecular formula is C21H23N3O2. The Hall–Kier alpha value is -2.66. The predicted octanol–water partition coefficient (Wildman–Crippen LogP) is 3.61. The molecule has 0 unspecified atom stereocenters. The van der Waals surface area contributed by atoms with Gasteiger partial charge < -0.3 is 4.74 Å². The van der Waals surface area contributed by atoms with E-state index in [0.717, 1.165) is 31.6 Å². The number of benzene rings is 1. The minimum Gasteiger partial charge on any atom is -0.462 e. The Morgan fingerprint density at radius 1 is 1.12 bits per heavy atom. The highest BCUT2D eigenvalue weighted by Crippen LogP contribution is 2.29. The second-order valence-corrected chi connectivity index (χ2v) is 6.89. The summed E-state index contributed by atoms with van der Waals surface area (Å²) in [7, 11) is 0. The number of pyridine rings is 1. The van der Waals surface area contributed by atoms with Crippen LogP contribution < -0.4 is 4.74 Å². The molecule has 4 rings (SSSR count). The Labute approximate surface area is 153 Å². The van der Waals surface area contributed by atoms with E-state index in [9.17, 15) is 4.79 Å². The van der Waals surface area contributed by atoms with Gasteiger partial charge in [0.15, 0.2) is 0 Å². The van der Waals surface area contributed by atoms with Crippen molar-refractivity contribution in [3.63, 3.8) is 0 Å². The molecule has 2 aromatic rings. The molecule has 5 nitrogen and oxygen atoms in total. The summed E-state index contributed by atoms with van der Waals surface area (Å²) in [5.74, 6) is 1.12. The van der Waals surface area contributed by atoms with Gasteiger partial charge in [0.25, 0.3) is 5.91 Å². The van der Waals surface area contributed by atoms with Crippen molar-refractivity contribution in [3.8, 4) is 5.75 Å². The Morgan fingerprint density at radius 3 is 2.65 bits per heavy atom. The lowest BCUT2D eigenvalue weighted by atomic mass is 9.93. The van der Waals surface area contributed by atoms with Gasteiger partial charge in [-0.1, -0.05) is 18.2 Å². The quantitative estimate of drug-likeness (QED) is 0.849. The van der Waals surface area contributed by atoms with Gasteiger partial charge >= 0.3 is 0 Å².